The summed E-state index contributed by atoms with van der Waals surface area (Å²) in [4.78, 5) is 15.1. The third-order valence-corrected chi connectivity index (χ3v) is 5.43. The molecule has 0 saturated heterocycles. The molecule has 1 aliphatic rings. The van der Waals surface area contributed by atoms with Crippen LogP contribution in [0.25, 0.3) is 0 Å². The largest absolute Gasteiger partial charge is 0.493 e. The van der Waals surface area contributed by atoms with E-state index in [9.17, 15) is 4.79 Å². The number of carbonyl (C=O) groups is 1. The van der Waals surface area contributed by atoms with Crippen molar-refractivity contribution in [2.24, 2.45) is 0 Å². The lowest BCUT2D eigenvalue weighted by atomic mass is 9.99. The number of benzene rings is 3. The molecule has 0 fully saturated rings. The molecule has 31 heavy (non-hydrogen) atoms. The van der Waals surface area contributed by atoms with E-state index in [1.807, 2.05) is 77.8 Å². The summed E-state index contributed by atoms with van der Waals surface area (Å²) in [7, 11) is 3.29. The Balaban J connectivity index is 1.47. The Kier molecular flexibility index (Phi) is 6.38. The summed E-state index contributed by atoms with van der Waals surface area (Å²) in [5, 5.41) is 1.83. The van der Waals surface area contributed by atoms with Crippen LogP contribution in [0.4, 0.5) is 11.4 Å². The Morgan fingerprint density at radius 3 is 2.00 bits per heavy atom. The highest BCUT2D eigenvalue weighted by atomic mass is 16.5. The van der Waals surface area contributed by atoms with E-state index in [1.165, 1.54) is 11.1 Å². The van der Waals surface area contributed by atoms with Crippen LogP contribution in [0.2, 0.25) is 0 Å². The molecule has 4 rings (SSSR count). The Hall–Kier alpha value is -3.51. The van der Waals surface area contributed by atoms with Gasteiger partial charge >= 0.3 is 0 Å². The molecule has 6 nitrogen and oxygen atoms in total. The van der Waals surface area contributed by atoms with E-state index in [2.05, 4.69) is 10.3 Å². The lowest BCUT2D eigenvalue weighted by Crippen LogP contribution is -2.45. The molecule has 0 saturated carbocycles. The molecule has 0 radical (unpaired) electrons. The summed E-state index contributed by atoms with van der Waals surface area (Å²) in [5.41, 5.74) is 7.29. The lowest BCUT2D eigenvalue weighted by Gasteiger charge is -2.31. The summed E-state index contributed by atoms with van der Waals surface area (Å²) in [6.45, 7) is 1.82. The van der Waals surface area contributed by atoms with Gasteiger partial charge in [-0.2, -0.15) is 0 Å². The van der Waals surface area contributed by atoms with Crippen molar-refractivity contribution in [2.75, 3.05) is 32.3 Å². The molecule has 0 atom stereocenters. The topological polar surface area (TPSA) is 54.0 Å². The molecule has 160 valence electrons. The second kappa shape index (κ2) is 9.53. The van der Waals surface area contributed by atoms with E-state index in [1.54, 1.807) is 14.2 Å². The van der Waals surface area contributed by atoms with Crippen LogP contribution in [0.5, 0.6) is 11.5 Å². The molecule has 1 aliphatic heterocycles. The van der Waals surface area contributed by atoms with Gasteiger partial charge in [0.1, 0.15) is 0 Å². The van der Waals surface area contributed by atoms with Gasteiger partial charge in [0, 0.05) is 13.1 Å². The highest BCUT2D eigenvalue weighted by molar-refractivity contribution is 5.82. The number of fused-ring (bicyclic) bond motifs is 1. The number of carbonyl (C=O) groups excluding carboxylic acids is 1. The van der Waals surface area contributed by atoms with E-state index in [0.29, 0.717) is 18.8 Å². The fourth-order valence-electron chi connectivity index (χ4n) is 3.87. The van der Waals surface area contributed by atoms with Crippen molar-refractivity contribution in [1.82, 2.24) is 10.3 Å². The third kappa shape index (κ3) is 4.81. The summed E-state index contributed by atoms with van der Waals surface area (Å²) in [5.74, 6) is 1.40. The average Bonchev–Trinajstić information content (AvgIpc) is 2.82. The van der Waals surface area contributed by atoms with Gasteiger partial charge in [-0.15, -0.1) is 0 Å². The Morgan fingerprint density at radius 2 is 1.45 bits per heavy atom. The van der Waals surface area contributed by atoms with Gasteiger partial charge in [-0.3, -0.25) is 20.1 Å². The van der Waals surface area contributed by atoms with Crippen LogP contribution >= 0.6 is 0 Å². The minimum absolute atomic E-state index is 0.0587. The van der Waals surface area contributed by atoms with Crippen molar-refractivity contribution in [3.63, 3.8) is 0 Å². The smallest absolute Gasteiger partial charge is 0.252 e. The van der Waals surface area contributed by atoms with Crippen LogP contribution in [-0.4, -0.2) is 38.1 Å². The van der Waals surface area contributed by atoms with E-state index in [-0.39, 0.29) is 5.91 Å². The number of hydrogen-bond donors (Lipinski definition) is 1. The predicted octanol–water partition coefficient (Wildman–Crippen LogP) is 3.93. The molecule has 6 heteroatoms. The molecule has 0 aliphatic carbocycles. The number of ether oxygens (including phenoxy) is 2. The van der Waals surface area contributed by atoms with Crippen LogP contribution in [-0.2, 0) is 17.8 Å². The van der Waals surface area contributed by atoms with Gasteiger partial charge in [0.15, 0.2) is 11.5 Å². The van der Waals surface area contributed by atoms with Gasteiger partial charge in [-0.1, -0.05) is 36.4 Å². The predicted molar refractivity (Wildman–Crippen MR) is 122 cm³/mol. The summed E-state index contributed by atoms with van der Waals surface area (Å²) in [6, 6.07) is 23.7. The second-order valence-electron chi connectivity index (χ2n) is 7.48. The monoisotopic (exact) mass is 417 g/mol. The molecule has 3 aromatic rings. The van der Waals surface area contributed by atoms with Crippen molar-refractivity contribution in [2.45, 2.75) is 13.0 Å². The van der Waals surface area contributed by atoms with Crippen molar-refractivity contribution in [1.29, 1.82) is 0 Å². The molecule has 3 aromatic carbocycles. The molecular weight excluding hydrogens is 390 g/mol. The van der Waals surface area contributed by atoms with Crippen LogP contribution in [0.1, 0.15) is 11.1 Å². The highest BCUT2D eigenvalue weighted by Gasteiger charge is 2.22. The normalized spacial score (nSPS) is 13.2. The number of nitrogens with one attached hydrogen (secondary N) is 1. The lowest BCUT2D eigenvalue weighted by molar-refractivity contribution is -0.122. The highest BCUT2D eigenvalue weighted by Crippen LogP contribution is 2.33. The molecule has 0 bridgehead atoms. The van der Waals surface area contributed by atoms with Crippen molar-refractivity contribution in [3.05, 3.63) is 83.9 Å². The first-order valence-electron chi connectivity index (χ1n) is 10.3. The van der Waals surface area contributed by atoms with E-state index < -0.39 is 0 Å². The van der Waals surface area contributed by atoms with E-state index >= 15 is 0 Å². The number of hydrazine groups is 1. The number of nitrogens with zero attached hydrogens (tertiary/aromatic N) is 2. The summed E-state index contributed by atoms with van der Waals surface area (Å²) < 4.78 is 10.9. The number of hydrogen-bond acceptors (Lipinski definition) is 5. The van der Waals surface area contributed by atoms with Crippen molar-refractivity contribution in [3.8, 4) is 11.5 Å². The quantitative estimate of drug-likeness (QED) is 0.591. The van der Waals surface area contributed by atoms with Gasteiger partial charge in [-0.05, 0) is 53.9 Å². The van der Waals surface area contributed by atoms with Crippen molar-refractivity contribution >= 4 is 17.3 Å². The number of anilines is 2. The fourth-order valence-corrected chi connectivity index (χ4v) is 3.87. The molecule has 0 spiro atoms. The Labute approximate surface area is 183 Å². The first kappa shape index (κ1) is 20.8. The van der Waals surface area contributed by atoms with Gasteiger partial charge in [0.05, 0.1) is 32.1 Å². The zero-order chi connectivity index (χ0) is 21.6. The maximum atomic E-state index is 13.0. The number of amides is 1. The first-order valence-corrected chi connectivity index (χ1v) is 10.3. The Morgan fingerprint density at radius 1 is 0.903 bits per heavy atom. The van der Waals surface area contributed by atoms with E-state index in [4.69, 9.17) is 9.47 Å². The number of para-hydroxylation sites is 2. The molecule has 1 heterocycles. The third-order valence-electron chi connectivity index (χ3n) is 5.43. The van der Waals surface area contributed by atoms with Gasteiger partial charge in [-0.25, -0.2) is 0 Å². The van der Waals surface area contributed by atoms with Gasteiger partial charge in [0.2, 0.25) is 0 Å². The second-order valence-corrected chi connectivity index (χ2v) is 7.48. The van der Waals surface area contributed by atoms with Gasteiger partial charge in [0.25, 0.3) is 5.91 Å². The van der Waals surface area contributed by atoms with Crippen molar-refractivity contribution < 1.29 is 14.3 Å². The molecule has 0 aromatic heterocycles. The standard InChI is InChI=1S/C25H27N3O3/c1-30-23-15-19-13-14-27(17-20(19)16-24(23)31-2)18-25(29)26-28(21-9-5-3-6-10-21)22-11-7-4-8-12-22/h3-12,15-16H,13-14,17-18H2,1-2H3,(H,26,29). The van der Waals surface area contributed by atoms with Crippen LogP contribution in [0, 0.1) is 0 Å². The Bertz CT molecular complexity index is 985. The maximum absolute atomic E-state index is 13.0. The SMILES string of the molecule is COc1cc2c(cc1OC)CN(CC(=O)NN(c1ccccc1)c1ccccc1)CC2. The number of methoxy groups -OCH3 is 2. The molecule has 0 unspecified atom stereocenters. The van der Waals surface area contributed by atoms with Crippen LogP contribution in [0.15, 0.2) is 72.8 Å². The first-order chi connectivity index (χ1) is 15.2. The minimum atomic E-state index is -0.0587. The minimum Gasteiger partial charge on any atom is -0.493 e. The summed E-state index contributed by atoms with van der Waals surface area (Å²) >= 11 is 0. The zero-order valence-corrected chi connectivity index (χ0v) is 17.9. The van der Waals surface area contributed by atoms with Gasteiger partial charge < -0.3 is 9.47 Å². The molecule has 1 amide bonds. The zero-order valence-electron chi connectivity index (χ0n) is 17.9. The maximum Gasteiger partial charge on any atom is 0.252 e. The number of rotatable bonds is 7. The van der Waals surface area contributed by atoms with E-state index in [0.717, 1.165) is 30.1 Å². The average molecular weight is 418 g/mol. The summed E-state index contributed by atoms with van der Waals surface area (Å²) in [6.07, 6.45) is 0.865. The van der Waals surface area contributed by atoms with Crippen LogP contribution < -0.4 is 19.9 Å². The molecule has 1 N–H and O–H groups in total. The molecular formula is C25H27N3O3. The van der Waals surface area contributed by atoms with Crippen LogP contribution in [0.3, 0.4) is 0 Å². The fraction of sp³-hybridized carbons (Fsp3) is 0.240.